The van der Waals surface area contributed by atoms with Crippen LogP contribution in [0.15, 0.2) is 72.9 Å². The number of amides is 1. The van der Waals surface area contributed by atoms with Gasteiger partial charge in [-0.2, -0.15) is 0 Å². The minimum atomic E-state index is -0.798. The van der Waals surface area contributed by atoms with Gasteiger partial charge in [0.1, 0.15) is 6.10 Å². The highest BCUT2D eigenvalue weighted by Crippen LogP contribution is 2.18. The number of carbonyl (C=O) groups excluding carboxylic acids is 2. The summed E-state index contributed by atoms with van der Waals surface area (Å²) in [6, 6.07) is -0.712. The van der Waals surface area contributed by atoms with Crippen LogP contribution in [-0.2, 0) is 14.3 Å². The van der Waals surface area contributed by atoms with Crippen molar-refractivity contribution in [3.8, 4) is 0 Å². The lowest BCUT2D eigenvalue weighted by Crippen LogP contribution is -2.46. The standard InChI is InChI=1S/C64H115NO5/c1-4-7-10-13-16-19-22-25-28-31-33-36-39-42-45-48-51-54-57-64(69)70-60(55-52-49-46-43-40-37-34-32-29-26-23-20-17-14-11-8-5-2)58-63(68)65-61(59-66)62(67)56-53-50-47-44-41-38-35-30-27-24-21-18-15-12-9-6-3/h10,13,16,19,22,25-26,28-29,31,33,36,60-62,66-67H,4-9,11-12,14-15,17-18,20-21,23-24,27,30,32,34-35,37-59H2,1-3H3,(H,65,68)/b13-10+,19-16+,25-22+,29-26+,31-28+,36-33+. The summed E-state index contributed by atoms with van der Waals surface area (Å²) >= 11 is 0. The van der Waals surface area contributed by atoms with Crippen molar-refractivity contribution in [1.29, 1.82) is 0 Å². The zero-order valence-electron chi connectivity index (χ0n) is 46.4. The predicted octanol–water partition coefficient (Wildman–Crippen LogP) is 18.9. The van der Waals surface area contributed by atoms with Crippen molar-refractivity contribution >= 4 is 11.9 Å². The van der Waals surface area contributed by atoms with Crippen LogP contribution in [0.5, 0.6) is 0 Å². The third kappa shape index (κ3) is 51.6. The number of carbonyl (C=O) groups is 2. The monoisotopic (exact) mass is 978 g/mol. The Morgan fingerprint density at radius 2 is 0.771 bits per heavy atom. The highest BCUT2D eigenvalue weighted by atomic mass is 16.5. The van der Waals surface area contributed by atoms with Gasteiger partial charge in [0.05, 0.1) is 25.2 Å². The Hall–Kier alpha value is -2.70. The quantitative estimate of drug-likeness (QED) is 0.0244. The topological polar surface area (TPSA) is 95.9 Å². The second-order valence-electron chi connectivity index (χ2n) is 20.5. The first-order chi connectivity index (χ1) is 34.5. The van der Waals surface area contributed by atoms with Crippen molar-refractivity contribution in [2.45, 2.75) is 315 Å². The smallest absolute Gasteiger partial charge is 0.306 e. The van der Waals surface area contributed by atoms with Gasteiger partial charge >= 0.3 is 5.97 Å². The zero-order valence-corrected chi connectivity index (χ0v) is 46.4. The van der Waals surface area contributed by atoms with Crippen LogP contribution in [0.4, 0.5) is 0 Å². The van der Waals surface area contributed by atoms with Gasteiger partial charge in [0.25, 0.3) is 0 Å². The van der Waals surface area contributed by atoms with Gasteiger partial charge in [-0.15, -0.1) is 0 Å². The fourth-order valence-corrected chi connectivity index (χ4v) is 9.05. The average Bonchev–Trinajstić information content (AvgIpc) is 3.35. The Morgan fingerprint density at radius 1 is 0.414 bits per heavy atom. The normalized spacial score (nSPS) is 13.6. The second kappa shape index (κ2) is 57.2. The van der Waals surface area contributed by atoms with Crippen LogP contribution in [0.2, 0.25) is 0 Å². The van der Waals surface area contributed by atoms with Crippen LogP contribution in [0, 0.1) is 0 Å². The molecular weight excluding hydrogens is 863 g/mol. The van der Waals surface area contributed by atoms with Crippen molar-refractivity contribution < 1.29 is 24.5 Å². The molecule has 0 aliphatic heterocycles. The molecule has 1 amide bonds. The number of allylic oxidation sites excluding steroid dienone is 12. The molecule has 6 heteroatoms. The van der Waals surface area contributed by atoms with Crippen LogP contribution in [-0.4, -0.2) is 46.9 Å². The molecule has 3 unspecified atom stereocenters. The maximum absolute atomic E-state index is 13.3. The van der Waals surface area contributed by atoms with E-state index < -0.39 is 18.2 Å². The lowest BCUT2D eigenvalue weighted by atomic mass is 10.0. The number of esters is 1. The fourth-order valence-electron chi connectivity index (χ4n) is 9.05. The van der Waals surface area contributed by atoms with Gasteiger partial charge in [-0.1, -0.05) is 286 Å². The molecule has 70 heavy (non-hydrogen) atoms. The molecule has 0 fully saturated rings. The van der Waals surface area contributed by atoms with E-state index in [1.165, 1.54) is 167 Å². The summed E-state index contributed by atoms with van der Waals surface area (Å²) in [5.41, 5.74) is 0. The minimum Gasteiger partial charge on any atom is -0.462 e. The summed E-state index contributed by atoms with van der Waals surface area (Å²) < 4.78 is 5.96. The fraction of sp³-hybridized carbons (Fsp3) is 0.781. The van der Waals surface area contributed by atoms with Gasteiger partial charge in [-0.05, 0) is 70.6 Å². The highest BCUT2D eigenvalue weighted by molar-refractivity contribution is 5.77. The molecule has 0 heterocycles. The van der Waals surface area contributed by atoms with Crippen molar-refractivity contribution in [2.24, 2.45) is 0 Å². The third-order valence-electron chi connectivity index (χ3n) is 13.6. The van der Waals surface area contributed by atoms with Crippen LogP contribution in [0.1, 0.15) is 297 Å². The number of aliphatic hydroxyl groups excluding tert-OH is 2. The van der Waals surface area contributed by atoms with Gasteiger partial charge in [-0.25, -0.2) is 0 Å². The summed E-state index contributed by atoms with van der Waals surface area (Å²) in [4.78, 5) is 26.3. The molecule has 0 saturated carbocycles. The lowest BCUT2D eigenvalue weighted by molar-refractivity contribution is -0.151. The number of rotatable bonds is 54. The second-order valence-corrected chi connectivity index (χ2v) is 20.5. The summed E-state index contributed by atoms with van der Waals surface area (Å²) in [7, 11) is 0. The molecule has 3 atom stereocenters. The Bertz CT molecular complexity index is 1280. The molecule has 0 bridgehead atoms. The van der Waals surface area contributed by atoms with Crippen molar-refractivity contribution in [2.75, 3.05) is 6.61 Å². The molecule has 0 aromatic rings. The van der Waals surface area contributed by atoms with Crippen molar-refractivity contribution in [1.82, 2.24) is 5.32 Å². The predicted molar refractivity (Wildman–Crippen MR) is 305 cm³/mol. The third-order valence-corrected chi connectivity index (χ3v) is 13.6. The Balaban J connectivity index is 4.61. The van der Waals surface area contributed by atoms with Crippen molar-refractivity contribution in [3.63, 3.8) is 0 Å². The maximum atomic E-state index is 13.3. The van der Waals surface area contributed by atoms with Crippen molar-refractivity contribution in [3.05, 3.63) is 72.9 Å². The molecule has 0 aromatic heterocycles. The first-order valence-electron chi connectivity index (χ1n) is 30.2. The lowest BCUT2D eigenvalue weighted by Gasteiger charge is -2.24. The minimum absolute atomic E-state index is 0.0626. The number of unbranched alkanes of at least 4 members (excludes halogenated alkanes) is 34. The van der Waals surface area contributed by atoms with Gasteiger partial charge in [-0.3, -0.25) is 9.59 Å². The molecule has 6 nitrogen and oxygen atoms in total. The summed E-state index contributed by atoms with van der Waals surface area (Å²) in [6.45, 7) is 6.42. The highest BCUT2D eigenvalue weighted by Gasteiger charge is 2.24. The summed E-state index contributed by atoms with van der Waals surface area (Å²) in [5.74, 6) is -0.499. The van der Waals surface area contributed by atoms with Gasteiger partial charge in [0.15, 0.2) is 0 Å². The van der Waals surface area contributed by atoms with E-state index in [1.54, 1.807) is 0 Å². The molecule has 0 rings (SSSR count). The summed E-state index contributed by atoms with van der Waals surface area (Å²) in [5, 5.41) is 23.9. The number of ether oxygens (including phenoxy) is 1. The van der Waals surface area contributed by atoms with E-state index in [0.717, 1.165) is 83.5 Å². The molecule has 0 aliphatic rings. The maximum Gasteiger partial charge on any atom is 0.306 e. The van der Waals surface area contributed by atoms with Crippen LogP contribution in [0.25, 0.3) is 0 Å². The summed E-state index contributed by atoms with van der Waals surface area (Å²) in [6.07, 6.45) is 73.9. The number of nitrogens with one attached hydrogen (secondary N) is 1. The first kappa shape index (κ1) is 67.3. The van der Waals surface area contributed by atoms with Crippen LogP contribution >= 0.6 is 0 Å². The van der Waals surface area contributed by atoms with Crippen LogP contribution in [0.3, 0.4) is 0 Å². The Kier molecular flexibility index (Phi) is 55.0. The average molecular weight is 979 g/mol. The van der Waals surface area contributed by atoms with E-state index in [4.69, 9.17) is 4.74 Å². The van der Waals surface area contributed by atoms with Gasteiger partial charge in [0, 0.05) is 6.42 Å². The zero-order chi connectivity index (χ0) is 50.9. The molecule has 0 saturated heterocycles. The van der Waals surface area contributed by atoms with E-state index in [1.807, 2.05) is 24.3 Å². The molecule has 0 spiro atoms. The number of hydrogen-bond acceptors (Lipinski definition) is 5. The van der Waals surface area contributed by atoms with E-state index in [2.05, 4.69) is 74.7 Å². The van der Waals surface area contributed by atoms with E-state index in [-0.39, 0.29) is 24.9 Å². The molecule has 3 N–H and O–H groups in total. The Morgan fingerprint density at radius 3 is 1.20 bits per heavy atom. The SMILES string of the molecule is CCC/C=C/C=C/C=C/C=C/C=C/CCCCCCCC(=O)OC(CCCCCCCCC/C=C/CCCCCCCC)CC(=O)NC(CO)C(O)CCCCCCCCCCCCCCCCCC. The molecule has 0 aromatic carbocycles. The molecule has 406 valence electrons. The van der Waals surface area contributed by atoms with Crippen LogP contribution < -0.4 is 5.32 Å². The van der Waals surface area contributed by atoms with E-state index >= 15 is 0 Å². The first-order valence-corrected chi connectivity index (χ1v) is 30.2. The largest absolute Gasteiger partial charge is 0.462 e. The molecular formula is C64H115NO5. The van der Waals surface area contributed by atoms with Gasteiger partial charge in [0.2, 0.25) is 5.91 Å². The van der Waals surface area contributed by atoms with Gasteiger partial charge < -0.3 is 20.3 Å². The number of aliphatic hydroxyl groups is 2. The molecule has 0 aliphatic carbocycles. The van der Waals surface area contributed by atoms with E-state index in [0.29, 0.717) is 19.3 Å². The Labute approximate surface area is 434 Å². The molecule has 0 radical (unpaired) electrons. The van der Waals surface area contributed by atoms with E-state index in [9.17, 15) is 19.8 Å². The number of hydrogen-bond donors (Lipinski definition) is 3.